The van der Waals surface area contributed by atoms with Gasteiger partial charge < -0.3 is 10.1 Å². The van der Waals surface area contributed by atoms with E-state index < -0.39 is 11.6 Å². The number of hydrogen-bond donors (Lipinski definition) is 1. The Morgan fingerprint density at radius 1 is 1.38 bits per heavy atom. The van der Waals surface area contributed by atoms with E-state index in [0.717, 1.165) is 18.2 Å². The molecular formula is C15H16F2N2OS. The maximum atomic E-state index is 13.4. The van der Waals surface area contributed by atoms with Gasteiger partial charge in [-0.2, -0.15) is 0 Å². The number of hydrogen-bond acceptors (Lipinski definition) is 4. The van der Waals surface area contributed by atoms with Gasteiger partial charge in [-0.1, -0.05) is 6.07 Å². The second kappa shape index (κ2) is 6.17. The van der Waals surface area contributed by atoms with Crippen LogP contribution in [0, 0.1) is 18.6 Å². The number of nitrogens with zero attached hydrogens (tertiary/aromatic N) is 1. The SMILES string of the molecule is Cc1ncsc1CNC1CCOC1c1ccc(F)c(F)c1. The highest BCUT2D eigenvalue weighted by Crippen LogP contribution is 2.30. The molecule has 21 heavy (non-hydrogen) atoms. The van der Waals surface area contributed by atoms with Crippen LogP contribution in [0.25, 0.3) is 0 Å². The molecule has 1 aliphatic rings. The van der Waals surface area contributed by atoms with Crippen molar-refractivity contribution in [3.05, 3.63) is 51.5 Å². The lowest BCUT2D eigenvalue weighted by atomic mass is 10.0. The Bertz CT molecular complexity index is 632. The van der Waals surface area contributed by atoms with E-state index in [1.54, 1.807) is 17.4 Å². The van der Waals surface area contributed by atoms with Crippen LogP contribution in [0.15, 0.2) is 23.7 Å². The molecule has 1 aliphatic heterocycles. The summed E-state index contributed by atoms with van der Waals surface area (Å²) in [5, 5.41) is 3.44. The van der Waals surface area contributed by atoms with Gasteiger partial charge in [-0.25, -0.2) is 13.8 Å². The predicted molar refractivity (Wildman–Crippen MR) is 77.1 cm³/mol. The molecule has 0 radical (unpaired) electrons. The van der Waals surface area contributed by atoms with E-state index in [0.29, 0.717) is 18.7 Å². The van der Waals surface area contributed by atoms with Crippen LogP contribution in [0.1, 0.15) is 28.7 Å². The van der Waals surface area contributed by atoms with Gasteiger partial charge in [-0.05, 0) is 31.0 Å². The average molecular weight is 310 g/mol. The first-order valence-corrected chi connectivity index (χ1v) is 7.72. The minimum atomic E-state index is -0.833. The highest BCUT2D eigenvalue weighted by atomic mass is 32.1. The van der Waals surface area contributed by atoms with E-state index in [-0.39, 0.29) is 12.1 Å². The Morgan fingerprint density at radius 2 is 2.24 bits per heavy atom. The van der Waals surface area contributed by atoms with E-state index in [9.17, 15) is 8.78 Å². The Hall–Kier alpha value is -1.37. The molecule has 6 heteroatoms. The Morgan fingerprint density at radius 3 is 2.95 bits per heavy atom. The standard InChI is InChI=1S/C15H16F2N2OS/c1-9-14(21-8-19-9)7-18-13-4-5-20-15(13)10-2-3-11(16)12(17)6-10/h2-3,6,8,13,15,18H,4-5,7H2,1H3. The van der Waals surface area contributed by atoms with Crippen LogP contribution >= 0.6 is 11.3 Å². The number of benzene rings is 1. The zero-order valence-corrected chi connectivity index (χ0v) is 12.4. The van der Waals surface area contributed by atoms with Crippen LogP contribution in [0.4, 0.5) is 8.78 Å². The number of aromatic nitrogens is 1. The van der Waals surface area contributed by atoms with Crippen LogP contribution in [0.5, 0.6) is 0 Å². The fourth-order valence-electron chi connectivity index (χ4n) is 2.54. The van der Waals surface area contributed by atoms with Gasteiger partial charge in [0, 0.05) is 24.1 Å². The molecule has 2 aromatic rings. The minimum absolute atomic E-state index is 0.0939. The van der Waals surface area contributed by atoms with Crippen molar-refractivity contribution in [1.82, 2.24) is 10.3 Å². The number of aryl methyl sites for hydroxylation is 1. The van der Waals surface area contributed by atoms with Gasteiger partial charge in [0.2, 0.25) is 0 Å². The summed E-state index contributed by atoms with van der Waals surface area (Å²) >= 11 is 1.61. The summed E-state index contributed by atoms with van der Waals surface area (Å²) < 4.78 is 32.1. The van der Waals surface area contributed by atoms with Crippen LogP contribution in [-0.4, -0.2) is 17.6 Å². The molecule has 2 heterocycles. The van der Waals surface area contributed by atoms with Crippen LogP contribution in [-0.2, 0) is 11.3 Å². The molecule has 2 atom stereocenters. The van der Waals surface area contributed by atoms with Crippen LogP contribution in [0.3, 0.4) is 0 Å². The monoisotopic (exact) mass is 310 g/mol. The predicted octanol–water partition coefficient (Wildman–Crippen LogP) is 3.35. The van der Waals surface area contributed by atoms with Crippen LogP contribution in [0.2, 0.25) is 0 Å². The van der Waals surface area contributed by atoms with E-state index in [1.165, 1.54) is 10.9 Å². The first-order chi connectivity index (χ1) is 10.1. The zero-order chi connectivity index (χ0) is 14.8. The zero-order valence-electron chi connectivity index (χ0n) is 11.6. The van der Waals surface area contributed by atoms with Gasteiger partial charge >= 0.3 is 0 Å². The topological polar surface area (TPSA) is 34.2 Å². The molecule has 1 saturated heterocycles. The minimum Gasteiger partial charge on any atom is -0.372 e. The number of ether oxygens (including phenoxy) is 1. The lowest BCUT2D eigenvalue weighted by Crippen LogP contribution is -2.31. The fraction of sp³-hybridized carbons (Fsp3) is 0.400. The molecule has 0 saturated carbocycles. The molecule has 0 spiro atoms. The third-order valence-electron chi connectivity index (χ3n) is 3.73. The maximum absolute atomic E-state index is 13.4. The summed E-state index contributed by atoms with van der Waals surface area (Å²) in [6, 6.07) is 4.05. The molecule has 3 rings (SSSR count). The first kappa shape index (κ1) is 14.6. The summed E-state index contributed by atoms with van der Waals surface area (Å²) in [6.45, 7) is 3.30. The van der Waals surface area contributed by atoms with Crippen molar-refractivity contribution in [3.8, 4) is 0 Å². The second-order valence-corrected chi connectivity index (χ2v) is 6.04. The van der Waals surface area contributed by atoms with E-state index in [1.807, 2.05) is 12.4 Å². The summed E-state index contributed by atoms with van der Waals surface area (Å²) in [5.74, 6) is -1.67. The highest BCUT2D eigenvalue weighted by molar-refractivity contribution is 7.09. The van der Waals surface area contributed by atoms with E-state index in [4.69, 9.17) is 4.74 Å². The third-order valence-corrected chi connectivity index (χ3v) is 4.67. The van der Waals surface area contributed by atoms with Crippen molar-refractivity contribution in [1.29, 1.82) is 0 Å². The van der Waals surface area contributed by atoms with Gasteiger partial charge in [0.25, 0.3) is 0 Å². The van der Waals surface area contributed by atoms with Crippen molar-refractivity contribution in [2.24, 2.45) is 0 Å². The molecule has 0 amide bonds. The fourth-order valence-corrected chi connectivity index (χ4v) is 3.26. The summed E-state index contributed by atoms with van der Waals surface area (Å²) in [7, 11) is 0. The summed E-state index contributed by atoms with van der Waals surface area (Å²) in [4.78, 5) is 5.40. The molecular weight excluding hydrogens is 294 g/mol. The summed E-state index contributed by atoms with van der Waals surface area (Å²) in [5.41, 5.74) is 3.52. The first-order valence-electron chi connectivity index (χ1n) is 6.84. The van der Waals surface area contributed by atoms with E-state index in [2.05, 4.69) is 10.3 Å². The molecule has 3 nitrogen and oxygen atoms in total. The summed E-state index contributed by atoms with van der Waals surface area (Å²) in [6.07, 6.45) is 0.606. The number of nitrogens with one attached hydrogen (secondary N) is 1. The van der Waals surface area contributed by atoms with Crippen molar-refractivity contribution >= 4 is 11.3 Å². The van der Waals surface area contributed by atoms with Crippen molar-refractivity contribution < 1.29 is 13.5 Å². The molecule has 1 aromatic carbocycles. The van der Waals surface area contributed by atoms with Gasteiger partial charge in [0.1, 0.15) is 0 Å². The Balaban J connectivity index is 1.70. The number of rotatable bonds is 4. The van der Waals surface area contributed by atoms with Crippen molar-refractivity contribution in [2.75, 3.05) is 6.61 Å². The Kier molecular flexibility index (Phi) is 4.28. The van der Waals surface area contributed by atoms with Gasteiger partial charge in [0.15, 0.2) is 11.6 Å². The Labute approximate surface area is 126 Å². The smallest absolute Gasteiger partial charge is 0.159 e. The third kappa shape index (κ3) is 3.12. The van der Waals surface area contributed by atoms with Gasteiger partial charge in [-0.3, -0.25) is 0 Å². The van der Waals surface area contributed by atoms with E-state index >= 15 is 0 Å². The maximum Gasteiger partial charge on any atom is 0.159 e. The normalized spacial score (nSPS) is 21.9. The van der Waals surface area contributed by atoms with Crippen molar-refractivity contribution in [2.45, 2.75) is 32.0 Å². The molecule has 112 valence electrons. The number of halogens is 2. The van der Waals surface area contributed by atoms with Gasteiger partial charge in [0.05, 0.1) is 17.3 Å². The molecule has 0 bridgehead atoms. The molecule has 2 unspecified atom stereocenters. The molecule has 1 fully saturated rings. The van der Waals surface area contributed by atoms with Crippen LogP contribution < -0.4 is 5.32 Å². The number of thiazole rings is 1. The lowest BCUT2D eigenvalue weighted by molar-refractivity contribution is 0.0981. The lowest BCUT2D eigenvalue weighted by Gasteiger charge is -2.20. The quantitative estimate of drug-likeness (QED) is 0.940. The second-order valence-electron chi connectivity index (χ2n) is 5.10. The largest absolute Gasteiger partial charge is 0.372 e. The van der Waals surface area contributed by atoms with Crippen molar-refractivity contribution in [3.63, 3.8) is 0 Å². The molecule has 0 aliphatic carbocycles. The molecule has 1 N–H and O–H groups in total. The highest BCUT2D eigenvalue weighted by Gasteiger charge is 2.30. The average Bonchev–Trinajstić information content (AvgIpc) is 3.08. The van der Waals surface area contributed by atoms with Gasteiger partial charge in [-0.15, -0.1) is 11.3 Å². The molecule has 1 aromatic heterocycles.